The number of hydrazine groups is 1. The summed E-state index contributed by atoms with van der Waals surface area (Å²) >= 11 is 1.36. The topological polar surface area (TPSA) is 67.4 Å². The summed E-state index contributed by atoms with van der Waals surface area (Å²) in [5.41, 5.74) is 4.63. The highest BCUT2D eigenvalue weighted by molar-refractivity contribution is 8.00. The van der Waals surface area contributed by atoms with Crippen molar-refractivity contribution in [1.82, 2.24) is 10.9 Å². The first kappa shape index (κ1) is 19.7. The molecule has 1 atom stereocenters. The van der Waals surface area contributed by atoms with Gasteiger partial charge in [-0.2, -0.15) is 0 Å². The normalized spacial score (nSPS) is 11.6. The second kappa shape index (κ2) is 9.23. The van der Waals surface area contributed by atoms with Gasteiger partial charge in [0.2, 0.25) is 5.91 Å². The molecule has 0 unspecified atom stereocenters. The Morgan fingerprint density at radius 3 is 2.50 bits per heavy atom. The predicted octanol–water partition coefficient (Wildman–Crippen LogP) is 3.69. The van der Waals surface area contributed by atoms with Crippen molar-refractivity contribution in [2.24, 2.45) is 0 Å². The van der Waals surface area contributed by atoms with Crippen molar-refractivity contribution in [2.75, 3.05) is 5.75 Å². The highest BCUT2D eigenvalue weighted by Gasteiger charge is 2.17. The van der Waals surface area contributed by atoms with E-state index in [1.54, 1.807) is 6.07 Å². The van der Waals surface area contributed by atoms with E-state index in [1.807, 2.05) is 42.5 Å². The monoisotopic (exact) mass is 398 g/mol. The summed E-state index contributed by atoms with van der Waals surface area (Å²) in [6.45, 7) is 1.47. The van der Waals surface area contributed by atoms with Crippen LogP contribution in [0, 0.1) is 5.82 Å². The summed E-state index contributed by atoms with van der Waals surface area (Å²) < 4.78 is 18.8. The van der Waals surface area contributed by atoms with Gasteiger partial charge in [-0.25, -0.2) is 4.39 Å². The number of hydrogen-bond donors (Lipinski definition) is 2. The van der Waals surface area contributed by atoms with Crippen molar-refractivity contribution < 1.29 is 18.7 Å². The fourth-order valence-electron chi connectivity index (χ4n) is 2.46. The Bertz CT molecular complexity index is 996. The van der Waals surface area contributed by atoms with E-state index < -0.39 is 17.8 Å². The standard InChI is InChI=1S/C21H19FN2O3S/c1-14(27-19-9-5-4-8-18(19)22)21(26)24-23-20(25)13-28-17-11-10-15-6-2-3-7-16(15)12-17/h2-12,14H,13H2,1H3,(H,23,25)(H,24,26)/t14-/m0/s1. The fraction of sp³-hybridized carbons (Fsp3) is 0.143. The van der Waals surface area contributed by atoms with Gasteiger partial charge in [-0.05, 0) is 42.0 Å². The van der Waals surface area contributed by atoms with Gasteiger partial charge in [0, 0.05) is 4.90 Å². The van der Waals surface area contributed by atoms with Gasteiger partial charge in [-0.3, -0.25) is 20.4 Å². The number of thioether (sulfide) groups is 1. The van der Waals surface area contributed by atoms with E-state index in [0.29, 0.717) is 0 Å². The van der Waals surface area contributed by atoms with E-state index in [0.717, 1.165) is 15.7 Å². The number of amides is 2. The van der Waals surface area contributed by atoms with Crippen molar-refractivity contribution >= 4 is 34.3 Å². The van der Waals surface area contributed by atoms with Crippen LogP contribution < -0.4 is 15.6 Å². The Morgan fingerprint density at radius 2 is 1.71 bits per heavy atom. The van der Waals surface area contributed by atoms with Gasteiger partial charge in [-0.15, -0.1) is 11.8 Å². The van der Waals surface area contributed by atoms with Crippen LogP contribution in [0.1, 0.15) is 6.92 Å². The Kier molecular flexibility index (Phi) is 6.49. The average molecular weight is 398 g/mol. The van der Waals surface area contributed by atoms with Crippen LogP contribution in [-0.4, -0.2) is 23.7 Å². The molecule has 0 spiro atoms. The van der Waals surface area contributed by atoms with E-state index in [2.05, 4.69) is 10.9 Å². The number of nitrogens with one attached hydrogen (secondary N) is 2. The average Bonchev–Trinajstić information content (AvgIpc) is 2.71. The molecular formula is C21H19FN2O3S. The molecule has 3 rings (SSSR count). The maximum atomic E-state index is 13.6. The minimum Gasteiger partial charge on any atom is -0.478 e. The lowest BCUT2D eigenvalue weighted by Gasteiger charge is -2.15. The molecule has 28 heavy (non-hydrogen) atoms. The van der Waals surface area contributed by atoms with Gasteiger partial charge in [0.25, 0.3) is 5.91 Å². The molecule has 0 saturated carbocycles. The van der Waals surface area contributed by atoms with Crippen LogP contribution in [0.4, 0.5) is 4.39 Å². The Hall–Kier alpha value is -3.06. The van der Waals surface area contributed by atoms with Crippen molar-refractivity contribution in [3.8, 4) is 5.75 Å². The van der Waals surface area contributed by atoms with Crippen LogP contribution in [0.5, 0.6) is 5.75 Å². The maximum Gasteiger partial charge on any atom is 0.279 e. The van der Waals surface area contributed by atoms with Crippen LogP contribution in [-0.2, 0) is 9.59 Å². The van der Waals surface area contributed by atoms with Crippen LogP contribution >= 0.6 is 11.8 Å². The second-order valence-electron chi connectivity index (χ2n) is 6.03. The van der Waals surface area contributed by atoms with Gasteiger partial charge in [0.15, 0.2) is 17.7 Å². The van der Waals surface area contributed by atoms with Gasteiger partial charge >= 0.3 is 0 Å². The van der Waals surface area contributed by atoms with Gasteiger partial charge in [0.1, 0.15) is 0 Å². The molecule has 2 N–H and O–H groups in total. The fourth-order valence-corrected chi connectivity index (χ4v) is 3.20. The summed E-state index contributed by atoms with van der Waals surface area (Å²) in [4.78, 5) is 24.9. The molecule has 0 fully saturated rings. The first-order chi connectivity index (χ1) is 13.5. The summed E-state index contributed by atoms with van der Waals surface area (Å²) in [7, 11) is 0. The van der Waals surface area contributed by atoms with E-state index in [9.17, 15) is 14.0 Å². The van der Waals surface area contributed by atoms with E-state index >= 15 is 0 Å². The molecule has 0 aliphatic carbocycles. The van der Waals surface area contributed by atoms with Crippen molar-refractivity contribution in [3.63, 3.8) is 0 Å². The molecule has 144 valence electrons. The minimum atomic E-state index is -0.967. The Morgan fingerprint density at radius 1 is 1.00 bits per heavy atom. The van der Waals surface area contributed by atoms with Crippen molar-refractivity contribution in [2.45, 2.75) is 17.9 Å². The molecule has 0 aliphatic rings. The van der Waals surface area contributed by atoms with Gasteiger partial charge < -0.3 is 4.74 Å². The highest BCUT2D eigenvalue weighted by Crippen LogP contribution is 2.23. The van der Waals surface area contributed by atoms with E-state index in [-0.39, 0.29) is 17.4 Å². The second-order valence-corrected chi connectivity index (χ2v) is 7.07. The number of carbonyl (C=O) groups is 2. The van der Waals surface area contributed by atoms with E-state index in [1.165, 1.54) is 36.9 Å². The largest absolute Gasteiger partial charge is 0.478 e. The van der Waals surface area contributed by atoms with Crippen LogP contribution in [0.15, 0.2) is 71.6 Å². The number of carbonyl (C=O) groups excluding carboxylic acids is 2. The highest BCUT2D eigenvalue weighted by atomic mass is 32.2. The number of hydrogen-bond acceptors (Lipinski definition) is 4. The smallest absolute Gasteiger partial charge is 0.279 e. The number of fused-ring (bicyclic) bond motifs is 1. The third-order valence-corrected chi connectivity index (χ3v) is 4.92. The zero-order valence-corrected chi connectivity index (χ0v) is 16.0. The number of benzene rings is 3. The summed E-state index contributed by atoms with van der Waals surface area (Å²) in [6.07, 6.45) is -0.967. The summed E-state index contributed by atoms with van der Waals surface area (Å²) in [5.74, 6) is -1.38. The molecule has 0 saturated heterocycles. The third-order valence-electron chi connectivity index (χ3n) is 3.93. The SMILES string of the molecule is C[C@H](Oc1ccccc1F)C(=O)NNC(=O)CSc1ccc2ccccc2c1. The zero-order valence-electron chi connectivity index (χ0n) is 15.1. The zero-order chi connectivity index (χ0) is 19.9. The van der Waals surface area contributed by atoms with Crippen LogP contribution in [0.3, 0.4) is 0 Å². The first-order valence-electron chi connectivity index (χ1n) is 8.64. The van der Waals surface area contributed by atoms with Crippen molar-refractivity contribution in [3.05, 3.63) is 72.5 Å². The van der Waals surface area contributed by atoms with E-state index in [4.69, 9.17) is 4.74 Å². The molecule has 0 aliphatic heterocycles. The number of halogens is 1. The molecule has 3 aromatic rings. The minimum absolute atomic E-state index is 0.0247. The molecule has 0 bridgehead atoms. The van der Waals surface area contributed by atoms with Crippen LogP contribution in [0.25, 0.3) is 10.8 Å². The lowest BCUT2D eigenvalue weighted by Crippen LogP contribution is -2.47. The first-order valence-corrected chi connectivity index (χ1v) is 9.63. The number of rotatable bonds is 6. The Labute approximate surface area is 166 Å². The van der Waals surface area contributed by atoms with Gasteiger partial charge in [0.05, 0.1) is 5.75 Å². The number of para-hydroxylation sites is 1. The lowest BCUT2D eigenvalue weighted by molar-refractivity contribution is -0.132. The van der Waals surface area contributed by atoms with Crippen LogP contribution in [0.2, 0.25) is 0 Å². The van der Waals surface area contributed by atoms with Crippen molar-refractivity contribution in [1.29, 1.82) is 0 Å². The molecule has 0 heterocycles. The summed E-state index contributed by atoms with van der Waals surface area (Å²) in [5, 5.41) is 2.23. The third kappa shape index (κ3) is 5.23. The predicted molar refractivity (Wildman–Crippen MR) is 107 cm³/mol. The summed E-state index contributed by atoms with van der Waals surface area (Å²) in [6, 6.07) is 19.7. The molecule has 3 aromatic carbocycles. The molecule has 2 amide bonds. The maximum absolute atomic E-state index is 13.6. The molecule has 5 nitrogen and oxygen atoms in total. The molecule has 7 heteroatoms. The molecule has 0 radical (unpaired) electrons. The molecule has 0 aromatic heterocycles. The Balaban J connectivity index is 1.45. The molecular weight excluding hydrogens is 379 g/mol. The van der Waals surface area contributed by atoms with Gasteiger partial charge in [-0.1, -0.05) is 42.5 Å². The number of ether oxygens (including phenoxy) is 1. The lowest BCUT2D eigenvalue weighted by atomic mass is 10.1. The quantitative estimate of drug-likeness (QED) is 0.491.